The predicted octanol–water partition coefficient (Wildman–Crippen LogP) is 4.30. The lowest BCUT2D eigenvalue weighted by atomic mass is 9.97. The van der Waals surface area contributed by atoms with Crippen LogP contribution in [-0.2, 0) is 12.6 Å². The van der Waals surface area contributed by atoms with Gasteiger partial charge in [-0.3, -0.25) is 4.98 Å². The molecular formula is C18H13F4N3. The normalized spacial score (nSPS) is 12.6. The number of para-hydroxylation sites is 1. The van der Waals surface area contributed by atoms with E-state index in [2.05, 4.69) is 10.1 Å². The summed E-state index contributed by atoms with van der Waals surface area (Å²) in [5.74, 6) is 3.97. The number of pyridine rings is 1. The van der Waals surface area contributed by atoms with Crippen molar-refractivity contribution in [2.75, 3.05) is 0 Å². The van der Waals surface area contributed by atoms with Crippen LogP contribution in [0.15, 0.2) is 59.8 Å². The number of fused-ring (bicyclic) bond motifs is 1. The summed E-state index contributed by atoms with van der Waals surface area (Å²) >= 11 is 0. The summed E-state index contributed by atoms with van der Waals surface area (Å²) in [5.41, 5.74) is -0.114. The van der Waals surface area contributed by atoms with Gasteiger partial charge in [0.15, 0.2) is 0 Å². The van der Waals surface area contributed by atoms with Crippen LogP contribution in [0.25, 0.3) is 10.9 Å². The Morgan fingerprint density at radius 1 is 1.04 bits per heavy atom. The topological polar surface area (TPSA) is 51.3 Å². The number of nitrogens with two attached hydrogens (primary N) is 1. The quantitative estimate of drug-likeness (QED) is 0.332. The summed E-state index contributed by atoms with van der Waals surface area (Å²) in [4.78, 5) is 4.22. The second-order valence-electron chi connectivity index (χ2n) is 5.40. The van der Waals surface area contributed by atoms with Gasteiger partial charge in [-0.2, -0.15) is 18.3 Å². The van der Waals surface area contributed by atoms with Crippen molar-refractivity contribution in [2.24, 2.45) is 10.9 Å². The Morgan fingerprint density at radius 2 is 1.80 bits per heavy atom. The molecule has 3 nitrogen and oxygen atoms in total. The van der Waals surface area contributed by atoms with Gasteiger partial charge in [-0.15, -0.1) is 0 Å². The molecule has 0 saturated heterocycles. The van der Waals surface area contributed by atoms with Crippen molar-refractivity contribution >= 4 is 16.6 Å². The molecule has 0 saturated carbocycles. The van der Waals surface area contributed by atoms with Gasteiger partial charge in [-0.25, -0.2) is 4.39 Å². The lowest BCUT2D eigenvalue weighted by molar-refractivity contribution is -0.140. The Kier molecular flexibility index (Phi) is 4.39. The molecule has 0 aliphatic heterocycles. The number of halogens is 4. The van der Waals surface area contributed by atoms with Crippen LogP contribution in [-0.4, -0.2) is 10.7 Å². The molecule has 2 N–H and O–H groups in total. The van der Waals surface area contributed by atoms with Crippen LogP contribution < -0.4 is 5.84 Å². The number of hydrogen-bond acceptors (Lipinski definition) is 3. The van der Waals surface area contributed by atoms with Crippen molar-refractivity contribution < 1.29 is 17.6 Å². The summed E-state index contributed by atoms with van der Waals surface area (Å²) in [6.07, 6.45) is -3.13. The average Bonchev–Trinajstić information content (AvgIpc) is 2.59. The second kappa shape index (κ2) is 6.51. The summed E-state index contributed by atoms with van der Waals surface area (Å²) in [6.45, 7) is 0. The zero-order valence-electron chi connectivity index (χ0n) is 12.9. The number of aromatic nitrogens is 1. The number of alkyl halides is 3. The van der Waals surface area contributed by atoms with Crippen molar-refractivity contribution in [2.45, 2.75) is 12.6 Å². The Balaban J connectivity index is 2.05. The standard InChI is InChI=1S/C18H13F4N3/c19-17-13(5-3-6-14(17)18(20,21)22)16(25-23)10-11-8-9-24-15-7-2-1-4-12(11)15/h1-9H,10,23H2. The fourth-order valence-electron chi connectivity index (χ4n) is 2.67. The number of hydrogen-bond donors (Lipinski definition) is 1. The van der Waals surface area contributed by atoms with Crippen molar-refractivity contribution in [3.05, 3.63) is 77.2 Å². The molecule has 0 unspecified atom stereocenters. The maximum absolute atomic E-state index is 14.4. The average molecular weight is 347 g/mol. The van der Waals surface area contributed by atoms with Gasteiger partial charge in [0.1, 0.15) is 5.82 Å². The molecule has 0 atom stereocenters. The van der Waals surface area contributed by atoms with Crippen LogP contribution in [0.2, 0.25) is 0 Å². The summed E-state index contributed by atoms with van der Waals surface area (Å²) in [7, 11) is 0. The number of rotatable bonds is 3. The van der Waals surface area contributed by atoms with E-state index in [-0.39, 0.29) is 17.7 Å². The fourth-order valence-corrected chi connectivity index (χ4v) is 2.67. The highest BCUT2D eigenvalue weighted by molar-refractivity contribution is 6.03. The van der Waals surface area contributed by atoms with Crippen LogP contribution >= 0.6 is 0 Å². The van der Waals surface area contributed by atoms with Crippen LogP contribution in [0.3, 0.4) is 0 Å². The second-order valence-corrected chi connectivity index (χ2v) is 5.40. The molecule has 25 heavy (non-hydrogen) atoms. The van der Waals surface area contributed by atoms with E-state index >= 15 is 0 Å². The van der Waals surface area contributed by atoms with Gasteiger partial charge in [-0.05, 0) is 23.8 Å². The van der Waals surface area contributed by atoms with E-state index in [0.29, 0.717) is 6.07 Å². The van der Waals surface area contributed by atoms with Gasteiger partial charge in [0.2, 0.25) is 0 Å². The highest BCUT2D eigenvalue weighted by atomic mass is 19.4. The maximum Gasteiger partial charge on any atom is 0.419 e. The van der Waals surface area contributed by atoms with Crippen LogP contribution in [0.4, 0.5) is 17.6 Å². The molecule has 0 aliphatic carbocycles. The monoisotopic (exact) mass is 347 g/mol. The number of nitrogens with zero attached hydrogens (tertiary/aromatic N) is 2. The van der Waals surface area contributed by atoms with Crippen molar-refractivity contribution in [1.82, 2.24) is 4.98 Å². The molecular weight excluding hydrogens is 334 g/mol. The van der Waals surface area contributed by atoms with Crippen molar-refractivity contribution in [3.8, 4) is 0 Å². The number of hydrazone groups is 1. The first-order valence-corrected chi connectivity index (χ1v) is 7.37. The Morgan fingerprint density at radius 3 is 2.52 bits per heavy atom. The van der Waals surface area contributed by atoms with Gasteiger partial charge in [0.05, 0.1) is 16.8 Å². The van der Waals surface area contributed by atoms with Gasteiger partial charge >= 0.3 is 6.18 Å². The molecule has 0 amide bonds. The molecule has 0 radical (unpaired) electrons. The van der Waals surface area contributed by atoms with Crippen molar-refractivity contribution in [1.29, 1.82) is 0 Å². The molecule has 0 spiro atoms. The highest BCUT2D eigenvalue weighted by Gasteiger charge is 2.35. The zero-order chi connectivity index (χ0) is 18.0. The minimum absolute atomic E-state index is 0.0277. The van der Waals surface area contributed by atoms with E-state index in [4.69, 9.17) is 5.84 Å². The zero-order valence-corrected chi connectivity index (χ0v) is 12.9. The first-order valence-electron chi connectivity index (χ1n) is 7.37. The Hall–Kier alpha value is -2.96. The molecule has 2 aromatic carbocycles. The summed E-state index contributed by atoms with van der Waals surface area (Å²) in [6, 6.07) is 12.0. The molecule has 128 valence electrons. The van der Waals surface area contributed by atoms with Crippen molar-refractivity contribution in [3.63, 3.8) is 0 Å². The summed E-state index contributed by atoms with van der Waals surface area (Å²) in [5, 5.41) is 4.34. The van der Waals surface area contributed by atoms with E-state index in [0.717, 1.165) is 22.5 Å². The van der Waals surface area contributed by atoms with Gasteiger partial charge < -0.3 is 5.84 Å². The summed E-state index contributed by atoms with van der Waals surface area (Å²) < 4.78 is 53.1. The molecule has 0 aliphatic rings. The van der Waals surface area contributed by atoms with Crippen LogP contribution in [0, 0.1) is 5.82 Å². The Labute approximate surface area is 140 Å². The lowest BCUT2D eigenvalue weighted by Crippen LogP contribution is -2.15. The van der Waals surface area contributed by atoms with Crippen LogP contribution in [0.5, 0.6) is 0 Å². The Bertz CT molecular complexity index is 943. The third-order valence-corrected chi connectivity index (χ3v) is 3.87. The molecule has 0 fully saturated rings. The smallest absolute Gasteiger partial charge is 0.323 e. The van der Waals surface area contributed by atoms with E-state index < -0.39 is 17.6 Å². The molecule has 0 bridgehead atoms. The van der Waals surface area contributed by atoms with E-state index in [1.807, 2.05) is 24.3 Å². The molecule has 1 aromatic heterocycles. The minimum atomic E-state index is -4.79. The fraction of sp³-hybridized carbons (Fsp3) is 0.111. The largest absolute Gasteiger partial charge is 0.419 e. The third-order valence-electron chi connectivity index (χ3n) is 3.87. The van der Waals surface area contributed by atoms with Gasteiger partial charge in [-0.1, -0.05) is 30.3 Å². The highest BCUT2D eigenvalue weighted by Crippen LogP contribution is 2.33. The molecule has 3 rings (SSSR count). The molecule has 1 heterocycles. The SMILES string of the molecule is NN=C(Cc1ccnc2ccccc12)c1cccc(C(F)(F)F)c1F. The van der Waals surface area contributed by atoms with Gasteiger partial charge in [0.25, 0.3) is 0 Å². The maximum atomic E-state index is 14.4. The minimum Gasteiger partial charge on any atom is -0.323 e. The van der Waals surface area contributed by atoms with Gasteiger partial charge in [0, 0.05) is 23.6 Å². The first-order chi connectivity index (χ1) is 11.9. The molecule has 3 aromatic rings. The molecule has 7 heteroatoms. The first kappa shape index (κ1) is 16.9. The van der Waals surface area contributed by atoms with E-state index in [9.17, 15) is 17.6 Å². The third kappa shape index (κ3) is 3.31. The predicted molar refractivity (Wildman–Crippen MR) is 87.6 cm³/mol. The number of benzene rings is 2. The van der Waals surface area contributed by atoms with E-state index in [1.54, 1.807) is 12.3 Å². The van der Waals surface area contributed by atoms with E-state index in [1.165, 1.54) is 6.07 Å². The lowest BCUT2D eigenvalue weighted by Gasteiger charge is -2.13. The van der Waals surface area contributed by atoms with Crippen LogP contribution in [0.1, 0.15) is 16.7 Å².